The van der Waals surface area contributed by atoms with Crippen molar-refractivity contribution in [1.29, 1.82) is 0 Å². The molecular weight excluding hydrogens is 502 g/mol. The van der Waals surface area contributed by atoms with E-state index in [2.05, 4.69) is 35.5 Å². The van der Waals surface area contributed by atoms with Crippen molar-refractivity contribution in [2.75, 3.05) is 5.32 Å². The van der Waals surface area contributed by atoms with E-state index in [0.29, 0.717) is 39.2 Å². The first-order chi connectivity index (χ1) is 19.0. The average Bonchev–Trinajstić information content (AvgIpc) is 3.53. The molecule has 0 unspecified atom stereocenters. The number of aromatic nitrogens is 7. The van der Waals surface area contributed by atoms with Gasteiger partial charge in [0.05, 0.1) is 46.2 Å². The van der Waals surface area contributed by atoms with Crippen LogP contribution in [0.15, 0.2) is 61.3 Å². The van der Waals surface area contributed by atoms with Crippen LogP contribution in [0.1, 0.15) is 19.3 Å². The van der Waals surface area contributed by atoms with Crippen LogP contribution < -0.4 is 5.32 Å². The third-order valence-electron chi connectivity index (χ3n) is 7.07. The number of nitrogens with zero attached hydrogens (tertiary/aromatic N) is 5. The molecule has 9 nitrogen and oxygen atoms in total. The Morgan fingerprint density at radius 3 is 2.54 bits per heavy atom. The van der Waals surface area contributed by atoms with Crippen molar-refractivity contribution in [2.45, 2.75) is 19.3 Å². The molecular formula is C28H20F2N8O. The lowest BCUT2D eigenvalue weighted by atomic mass is 9.85. The number of hydrogen-bond donors (Lipinski definition) is 3. The van der Waals surface area contributed by atoms with Crippen LogP contribution in [0.5, 0.6) is 0 Å². The Bertz CT molecular complexity index is 1870. The quantitative estimate of drug-likeness (QED) is 0.269. The molecule has 1 aliphatic carbocycles. The molecule has 0 saturated heterocycles. The fourth-order valence-electron chi connectivity index (χ4n) is 4.79. The van der Waals surface area contributed by atoms with Gasteiger partial charge in [0.1, 0.15) is 17.2 Å². The SMILES string of the molecule is O=C(Nc1cncc(-c2ncc3[nH]nc(-c4nc5c(-c6ccc(F)cc6)cncc5[nH]4)c3c2F)c1)C1CCC1. The highest BCUT2D eigenvalue weighted by atomic mass is 19.1. The summed E-state index contributed by atoms with van der Waals surface area (Å²) in [6, 6.07) is 7.70. The Kier molecular flexibility index (Phi) is 5.36. The zero-order valence-corrected chi connectivity index (χ0v) is 20.4. The summed E-state index contributed by atoms with van der Waals surface area (Å²) in [5.74, 6) is -0.649. The largest absolute Gasteiger partial charge is 0.335 e. The Morgan fingerprint density at radius 2 is 1.74 bits per heavy atom. The molecule has 1 saturated carbocycles. The van der Waals surface area contributed by atoms with Crippen molar-refractivity contribution in [3.05, 3.63) is 73.0 Å². The Balaban J connectivity index is 1.29. The number of anilines is 1. The van der Waals surface area contributed by atoms with E-state index in [1.807, 2.05) is 0 Å². The molecule has 5 aromatic heterocycles. The predicted octanol–water partition coefficient (Wildman–Crippen LogP) is 5.64. The molecule has 39 heavy (non-hydrogen) atoms. The topological polar surface area (TPSA) is 125 Å². The molecule has 0 bridgehead atoms. The lowest BCUT2D eigenvalue weighted by Crippen LogP contribution is -2.28. The van der Waals surface area contributed by atoms with Gasteiger partial charge < -0.3 is 10.3 Å². The van der Waals surface area contributed by atoms with Crippen LogP contribution in [-0.4, -0.2) is 41.0 Å². The minimum Gasteiger partial charge on any atom is -0.335 e. The van der Waals surface area contributed by atoms with E-state index in [9.17, 15) is 9.18 Å². The van der Waals surface area contributed by atoms with Gasteiger partial charge in [0.25, 0.3) is 0 Å². The van der Waals surface area contributed by atoms with E-state index in [-0.39, 0.29) is 34.4 Å². The van der Waals surface area contributed by atoms with Crippen LogP contribution in [0.4, 0.5) is 14.5 Å². The van der Waals surface area contributed by atoms with Gasteiger partial charge in [-0.15, -0.1) is 0 Å². The maximum absolute atomic E-state index is 16.0. The molecule has 0 atom stereocenters. The third kappa shape index (κ3) is 3.99. The van der Waals surface area contributed by atoms with Gasteiger partial charge in [-0.3, -0.25) is 24.8 Å². The number of hydrogen-bond acceptors (Lipinski definition) is 6. The number of aromatic amines is 2. The molecule has 11 heteroatoms. The molecule has 7 rings (SSSR count). The van der Waals surface area contributed by atoms with E-state index in [0.717, 1.165) is 24.8 Å². The van der Waals surface area contributed by atoms with Crippen molar-refractivity contribution in [1.82, 2.24) is 35.1 Å². The monoisotopic (exact) mass is 522 g/mol. The Morgan fingerprint density at radius 1 is 0.923 bits per heavy atom. The Labute approximate surface area is 219 Å². The smallest absolute Gasteiger partial charge is 0.227 e. The van der Waals surface area contributed by atoms with Crippen molar-refractivity contribution >= 4 is 33.5 Å². The molecule has 0 spiro atoms. The van der Waals surface area contributed by atoms with Crippen molar-refractivity contribution in [3.8, 4) is 33.9 Å². The number of imidazole rings is 1. The number of benzene rings is 1. The van der Waals surface area contributed by atoms with Gasteiger partial charge in [-0.2, -0.15) is 5.10 Å². The highest BCUT2D eigenvalue weighted by Crippen LogP contribution is 2.35. The zero-order valence-electron chi connectivity index (χ0n) is 20.4. The van der Waals surface area contributed by atoms with Gasteiger partial charge in [-0.1, -0.05) is 18.6 Å². The van der Waals surface area contributed by atoms with Crippen LogP contribution in [0.25, 0.3) is 55.8 Å². The van der Waals surface area contributed by atoms with E-state index >= 15 is 4.39 Å². The third-order valence-corrected chi connectivity index (χ3v) is 7.07. The lowest BCUT2D eigenvalue weighted by Gasteiger charge is -2.24. The van der Waals surface area contributed by atoms with Gasteiger partial charge in [0.15, 0.2) is 11.6 Å². The molecule has 0 aliphatic heterocycles. The predicted molar refractivity (Wildman–Crippen MR) is 141 cm³/mol. The van der Waals surface area contributed by atoms with Crippen LogP contribution in [0.3, 0.4) is 0 Å². The number of pyridine rings is 3. The standard InChI is InChI=1S/C28H20F2N8O/c29-17-6-4-14(5-7-17)19-11-32-12-21-25(19)36-27(35-21)26-22-20(37-38-26)13-33-24(23(22)30)16-8-18(10-31-9-16)34-28(39)15-2-1-3-15/h4-13,15H,1-3H2,(H,34,39)(H,35,36)(H,37,38). The minimum absolute atomic E-state index is 0.0101. The van der Waals surface area contributed by atoms with E-state index in [1.54, 1.807) is 30.6 Å². The number of halogens is 2. The lowest BCUT2D eigenvalue weighted by molar-refractivity contribution is -0.122. The summed E-state index contributed by atoms with van der Waals surface area (Å²) in [5, 5.41) is 10.2. The number of H-pyrrole nitrogens is 2. The molecule has 1 amide bonds. The summed E-state index contributed by atoms with van der Waals surface area (Å²) in [5.41, 5.74) is 4.30. The van der Waals surface area contributed by atoms with E-state index in [4.69, 9.17) is 4.98 Å². The number of amides is 1. The first-order valence-corrected chi connectivity index (χ1v) is 12.4. The summed E-state index contributed by atoms with van der Waals surface area (Å²) < 4.78 is 29.5. The van der Waals surface area contributed by atoms with E-state index < -0.39 is 5.82 Å². The number of rotatable bonds is 5. The fraction of sp³-hybridized carbons (Fsp3) is 0.143. The maximum Gasteiger partial charge on any atom is 0.227 e. The summed E-state index contributed by atoms with van der Waals surface area (Å²) in [6.07, 6.45) is 10.6. The van der Waals surface area contributed by atoms with Gasteiger partial charge >= 0.3 is 0 Å². The normalized spacial score (nSPS) is 13.6. The minimum atomic E-state index is -0.599. The number of fused-ring (bicyclic) bond motifs is 2. The van der Waals surface area contributed by atoms with Crippen LogP contribution in [0, 0.1) is 17.6 Å². The number of carbonyl (C=O) groups is 1. The van der Waals surface area contributed by atoms with E-state index in [1.165, 1.54) is 30.7 Å². The maximum atomic E-state index is 16.0. The van der Waals surface area contributed by atoms with Crippen LogP contribution in [-0.2, 0) is 4.79 Å². The molecule has 5 heterocycles. The second-order valence-electron chi connectivity index (χ2n) is 9.54. The second-order valence-corrected chi connectivity index (χ2v) is 9.54. The van der Waals surface area contributed by atoms with Gasteiger partial charge in [-0.05, 0) is 36.6 Å². The molecule has 1 aromatic carbocycles. The molecule has 1 fully saturated rings. The van der Waals surface area contributed by atoms with Gasteiger partial charge in [0.2, 0.25) is 5.91 Å². The van der Waals surface area contributed by atoms with Crippen molar-refractivity contribution in [2.24, 2.45) is 5.92 Å². The summed E-state index contributed by atoms with van der Waals surface area (Å²) in [7, 11) is 0. The van der Waals surface area contributed by atoms with Crippen molar-refractivity contribution in [3.63, 3.8) is 0 Å². The summed E-state index contributed by atoms with van der Waals surface area (Å²) >= 11 is 0. The second kappa shape index (κ2) is 9.05. The fourth-order valence-corrected chi connectivity index (χ4v) is 4.79. The average molecular weight is 523 g/mol. The zero-order chi connectivity index (χ0) is 26.5. The van der Waals surface area contributed by atoms with Crippen LogP contribution in [0.2, 0.25) is 0 Å². The highest BCUT2D eigenvalue weighted by molar-refractivity contribution is 5.98. The molecule has 192 valence electrons. The van der Waals surface area contributed by atoms with Crippen molar-refractivity contribution < 1.29 is 13.6 Å². The first-order valence-electron chi connectivity index (χ1n) is 12.4. The first kappa shape index (κ1) is 23.1. The van der Waals surface area contributed by atoms with Gasteiger partial charge in [-0.25, -0.2) is 13.8 Å². The summed E-state index contributed by atoms with van der Waals surface area (Å²) in [6.45, 7) is 0. The van der Waals surface area contributed by atoms with Gasteiger partial charge in [0, 0.05) is 29.4 Å². The number of nitrogens with one attached hydrogen (secondary N) is 3. The van der Waals surface area contributed by atoms with Crippen LogP contribution >= 0.6 is 0 Å². The molecule has 6 aromatic rings. The molecule has 3 N–H and O–H groups in total. The Hall–Kier alpha value is -5.06. The summed E-state index contributed by atoms with van der Waals surface area (Å²) in [4.78, 5) is 33.0. The highest BCUT2D eigenvalue weighted by Gasteiger charge is 2.26. The molecule has 1 aliphatic rings. The molecule has 0 radical (unpaired) electrons. The number of carbonyl (C=O) groups excluding carboxylic acids is 1.